The second kappa shape index (κ2) is 5.21. The summed E-state index contributed by atoms with van der Waals surface area (Å²) in [5.74, 6) is 0. The largest absolute Gasteiger partial charge is 0.363 e. The van der Waals surface area contributed by atoms with Crippen molar-refractivity contribution in [1.82, 2.24) is 4.98 Å². The smallest absolute Gasteiger partial charge is 0.0557 e. The van der Waals surface area contributed by atoms with Crippen LogP contribution in [0.3, 0.4) is 0 Å². The number of piperidine rings is 1. The molecule has 1 fully saturated rings. The van der Waals surface area contributed by atoms with Gasteiger partial charge in [0.1, 0.15) is 0 Å². The van der Waals surface area contributed by atoms with Crippen LogP contribution in [0, 0.1) is 0 Å². The van der Waals surface area contributed by atoms with Crippen molar-refractivity contribution in [2.24, 2.45) is 0 Å². The Labute approximate surface area is 108 Å². The molecule has 1 aromatic heterocycles. The molecule has 2 nitrogen and oxygen atoms in total. The van der Waals surface area contributed by atoms with Crippen molar-refractivity contribution in [2.75, 3.05) is 11.4 Å². The molecule has 1 saturated heterocycles. The molecule has 1 aliphatic rings. The minimum Gasteiger partial charge on any atom is -0.363 e. The highest BCUT2D eigenvalue weighted by Crippen LogP contribution is 2.34. The number of nitrogens with zero attached hydrogens (tertiary/aromatic N) is 2. The predicted octanol–water partition coefficient (Wildman–Crippen LogP) is 3.81. The summed E-state index contributed by atoms with van der Waals surface area (Å²) in [4.78, 5) is 6.74. The molecule has 0 aliphatic carbocycles. The molecule has 1 aliphatic heterocycles. The second-order valence-electron chi connectivity index (χ2n) is 4.83. The minimum absolute atomic E-state index is 0.504. The maximum atomic E-state index is 4.25. The Balaban J connectivity index is 1.92. The highest BCUT2D eigenvalue weighted by atomic mass is 15.2. The van der Waals surface area contributed by atoms with Crippen molar-refractivity contribution in [3.05, 3.63) is 60.4 Å². The monoisotopic (exact) mass is 238 g/mol. The summed E-state index contributed by atoms with van der Waals surface area (Å²) < 4.78 is 0. The van der Waals surface area contributed by atoms with Crippen molar-refractivity contribution in [2.45, 2.75) is 25.3 Å². The highest BCUT2D eigenvalue weighted by Gasteiger charge is 2.23. The third-order valence-electron chi connectivity index (χ3n) is 3.66. The Kier molecular flexibility index (Phi) is 3.26. The SMILES string of the molecule is c1ccc(C2CCCCN2c2cccnc2)cc1. The molecule has 18 heavy (non-hydrogen) atoms. The standard InChI is InChI=1S/C16H18N2/c1-2-7-14(8-3-1)16-10-4-5-12-18(16)15-9-6-11-17-13-15/h1-3,6-9,11,13,16H,4-5,10,12H2. The molecule has 2 heterocycles. The van der Waals surface area contributed by atoms with Crippen molar-refractivity contribution >= 4 is 5.69 Å². The van der Waals surface area contributed by atoms with Gasteiger partial charge in [-0.3, -0.25) is 4.98 Å². The highest BCUT2D eigenvalue weighted by molar-refractivity contribution is 5.47. The summed E-state index contributed by atoms with van der Waals surface area (Å²) in [7, 11) is 0. The maximum Gasteiger partial charge on any atom is 0.0557 e. The number of benzene rings is 1. The molecule has 0 bridgehead atoms. The lowest BCUT2D eigenvalue weighted by molar-refractivity contribution is 0.473. The molecule has 0 amide bonds. The minimum atomic E-state index is 0.504. The van der Waals surface area contributed by atoms with Gasteiger partial charge in [-0.25, -0.2) is 0 Å². The van der Waals surface area contributed by atoms with Gasteiger partial charge >= 0.3 is 0 Å². The molecule has 0 spiro atoms. The van der Waals surface area contributed by atoms with Crippen molar-refractivity contribution in [3.8, 4) is 0 Å². The van der Waals surface area contributed by atoms with E-state index in [-0.39, 0.29) is 0 Å². The van der Waals surface area contributed by atoms with Crippen molar-refractivity contribution in [1.29, 1.82) is 0 Å². The Bertz CT molecular complexity index is 433. The third-order valence-corrected chi connectivity index (χ3v) is 3.66. The van der Waals surface area contributed by atoms with Crippen LogP contribution in [0.2, 0.25) is 0 Å². The first kappa shape index (κ1) is 11.3. The molecule has 1 atom stereocenters. The van der Waals surface area contributed by atoms with Crippen LogP contribution in [0.5, 0.6) is 0 Å². The van der Waals surface area contributed by atoms with E-state index in [2.05, 4.69) is 46.3 Å². The lowest BCUT2D eigenvalue weighted by atomic mass is 9.95. The second-order valence-corrected chi connectivity index (χ2v) is 4.83. The average molecular weight is 238 g/mol. The van der Waals surface area contributed by atoms with Gasteiger partial charge in [0.05, 0.1) is 17.9 Å². The normalized spacial score (nSPS) is 19.8. The lowest BCUT2D eigenvalue weighted by Crippen LogP contribution is -2.33. The van der Waals surface area contributed by atoms with E-state index >= 15 is 0 Å². The van der Waals surface area contributed by atoms with Gasteiger partial charge in [-0.05, 0) is 37.0 Å². The van der Waals surface area contributed by atoms with Gasteiger partial charge in [0, 0.05) is 12.7 Å². The van der Waals surface area contributed by atoms with Gasteiger partial charge in [0.2, 0.25) is 0 Å². The molecule has 0 radical (unpaired) electrons. The fraction of sp³-hybridized carbons (Fsp3) is 0.312. The van der Waals surface area contributed by atoms with E-state index in [0.717, 1.165) is 6.54 Å². The topological polar surface area (TPSA) is 16.1 Å². The summed E-state index contributed by atoms with van der Waals surface area (Å²) in [5, 5.41) is 0. The Morgan fingerprint density at radius 2 is 1.89 bits per heavy atom. The molecular formula is C16H18N2. The zero-order chi connectivity index (χ0) is 12.2. The molecule has 0 saturated carbocycles. The van der Waals surface area contributed by atoms with Crippen LogP contribution in [0.1, 0.15) is 30.9 Å². The molecule has 3 rings (SSSR count). The van der Waals surface area contributed by atoms with E-state index in [1.165, 1.54) is 30.5 Å². The van der Waals surface area contributed by atoms with E-state index in [0.29, 0.717) is 6.04 Å². The number of pyridine rings is 1. The summed E-state index contributed by atoms with van der Waals surface area (Å²) in [6.45, 7) is 1.13. The van der Waals surface area contributed by atoms with Gasteiger partial charge in [-0.2, -0.15) is 0 Å². The van der Waals surface area contributed by atoms with Gasteiger partial charge in [-0.15, -0.1) is 0 Å². The number of hydrogen-bond donors (Lipinski definition) is 0. The van der Waals surface area contributed by atoms with Crippen LogP contribution in [-0.4, -0.2) is 11.5 Å². The van der Waals surface area contributed by atoms with Gasteiger partial charge < -0.3 is 4.90 Å². The Morgan fingerprint density at radius 1 is 1.00 bits per heavy atom. The molecule has 1 unspecified atom stereocenters. The molecule has 2 aromatic rings. The van der Waals surface area contributed by atoms with Crippen LogP contribution in [0.15, 0.2) is 54.9 Å². The van der Waals surface area contributed by atoms with Crippen molar-refractivity contribution in [3.63, 3.8) is 0 Å². The predicted molar refractivity (Wildman–Crippen MR) is 74.6 cm³/mol. The zero-order valence-electron chi connectivity index (χ0n) is 10.5. The number of hydrogen-bond acceptors (Lipinski definition) is 2. The lowest BCUT2D eigenvalue weighted by Gasteiger charge is -2.37. The maximum absolute atomic E-state index is 4.25. The van der Waals surface area contributed by atoms with E-state index < -0.39 is 0 Å². The first-order valence-corrected chi connectivity index (χ1v) is 6.67. The Morgan fingerprint density at radius 3 is 2.67 bits per heavy atom. The summed E-state index contributed by atoms with van der Waals surface area (Å²) >= 11 is 0. The number of anilines is 1. The first-order valence-electron chi connectivity index (χ1n) is 6.67. The first-order chi connectivity index (χ1) is 8.95. The fourth-order valence-electron chi connectivity index (χ4n) is 2.79. The van der Waals surface area contributed by atoms with E-state index in [4.69, 9.17) is 0 Å². The average Bonchev–Trinajstić information content (AvgIpc) is 2.49. The van der Waals surface area contributed by atoms with Gasteiger partial charge in [0.25, 0.3) is 0 Å². The number of rotatable bonds is 2. The van der Waals surface area contributed by atoms with Crippen molar-refractivity contribution < 1.29 is 0 Å². The summed E-state index contributed by atoms with van der Waals surface area (Å²) in [6.07, 6.45) is 7.64. The van der Waals surface area contributed by atoms with Crippen LogP contribution in [0.4, 0.5) is 5.69 Å². The van der Waals surface area contributed by atoms with Gasteiger partial charge in [0.15, 0.2) is 0 Å². The number of aromatic nitrogens is 1. The van der Waals surface area contributed by atoms with E-state index in [9.17, 15) is 0 Å². The van der Waals surface area contributed by atoms with Crippen LogP contribution in [-0.2, 0) is 0 Å². The molecule has 0 N–H and O–H groups in total. The third kappa shape index (κ3) is 2.23. The quantitative estimate of drug-likeness (QED) is 0.790. The van der Waals surface area contributed by atoms with Crippen LogP contribution < -0.4 is 4.90 Å². The molecule has 1 aromatic carbocycles. The summed E-state index contributed by atoms with van der Waals surface area (Å²) in [6, 6.07) is 15.5. The molecular weight excluding hydrogens is 220 g/mol. The van der Waals surface area contributed by atoms with Crippen LogP contribution >= 0.6 is 0 Å². The van der Waals surface area contributed by atoms with Crippen LogP contribution in [0.25, 0.3) is 0 Å². The zero-order valence-corrected chi connectivity index (χ0v) is 10.5. The van der Waals surface area contributed by atoms with E-state index in [1.807, 2.05) is 18.5 Å². The van der Waals surface area contributed by atoms with E-state index in [1.54, 1.807) is 0 Å². The molecule has 92 valence electrons. The Hall–Kier alpha value is -1.83. The van der Waals surface area contributed by atoms with Gasteiger partial charge in [-0.1, -0.05) is 30.3 Å². The molecule has 2 heteroatoms. The fourth-order valence-corrected chi connectivity index (χ4v) is 2.79. The summed E-state index contributed by atoms with van der Waals surface area (Å²) in [5.41, 5.74) is 2.66.